The van der Waals surface area contributed by atoms with Crippen molar-refractivity contribution in [2.75, 3.05) is 0 Å². The number of nitrogens with zero attached hydrogens (tertiary/aromatic N) is 1. The number of nitriles is 1. The van der Waals surface area contributed by atoms with E-state index in [4.69, 9.17) is 5.26 Å². The van der Waals surface area contributed by atoms with Crippen LogP contribution in [0.3, 0.4) is 0 Å². The molecule has 2 atom stereocenters. The monoisotopic (exact) mass is 359 g/mol. The van der Waals surface area contributed by atoms with Gasteiger partial charge in [-0.2, -0.15) is 31.6 Å². The number of hydrogen-bond acceptors (Lipinski definition) is 1. The van der Waals surface area contributed by atoms with Crippen molar-refractivity contribution in [2.45, 2.75) is 38.0 Å². The predicted molar refractivity (Wildman–Crippen MR) is 80.4 cm³/mol. The van der Waals surface area contributed by atoms with Gasteiger partial charge in [-0.25, -0.2) is 0 Å². The van der Waals surface area contributed by atoms with Gasteiger partial charge in [-0.05, 0) is 23.5 Å². The lowest BCUT2D eigenvalue weighted by molar-refractivity contribution is -0.137. The van der Waals surface area contributed by atoms with E-state index >= 15 is 0 Å². The summed E-state index contributed by atoms with van der Waals surface area (Å²) in [6.07, 6.45) is -5.77. The van der Waals surface area contributed by atoms with Gasteiger partial charge in [-0.3, -0.25) is 0 Å². The first kappa shape index (κ1) is 19.1. The van der Waals surface area contributed by atoms with E-state index in [0.29, 0.717) is 0 Å². The van der Waals surface area contributed by atoms with Crippen LogP contribution in [0.2, 0.25) is 0 Å². The molecule has 0 aromatic heterocycles. The van der Waals surface area contributed by atoms with Crippen molar-refractivity contribution in [3.05, 3.63) is 59.2 Å². The maximum absolute atomic E-state index is 13.0. The molecule has 1 aromatic rings. The maximum atomic E-state index is 13.0. The average molecular weight is 359 g/mol. The van der Waals surface area contributed by atoms with E-state index in [1.807, 2.05) is 6.07 Å². The summed E-state index contributed by atoms with van der Waals surface area (Å²) in [7, 11) is 0. The zero-order valence-electron chi connectivity index (χ0n) is 13.2. The summed E-state index contributed by atoms with van der Waals surface area (Å²) in [5.74, 6) is -0.790. The van der Waals surface area contributed by atoms with Gasteiger partial charge in [0.2, 0.25) is 0 Å². The summed E-state index contributed by atoms with van der Waals surface area (Å²) in [4.78, 5) is 0. The van der Waals surface area contributed by atoms with Crippen LogP contribution >= 0.6 is 0 Å². The van der Waals surface area contributed by atoms with E-state index < -0.39 is 34.8 Å². The van der Waals surface area contributed by atoms with E-state index in [-0.39, 0.29) is 18.4 Å². The molecule has 0 fully saturated rings. The first-order chi connectivity index (χ1) is 11.5. The van der Waals surface area contributed by atoms with Crippen LogP contribution in [0.5, 0.6) is 0 Å². The SMILES string of the molecule is CC1(C(CC#N)c2cccc(C(F)(F)F)c2)C=C(C(F)(F)F)C=CC1. The lowest BCUT2D eigenvalue weighted by atomic mass is 9.67. The Labute approximate surface area is 141 Å². The molecule has 25 heavy (non-hydrogen) atoms. The van der Waals surface area contributed by atoms with E-state index in [1.165, 1.54) is 25.1 Å². The molecule has 1 aliphatic rings. The molecule has 0 saturated carbocycles. The minimum absolute atomic E-state index is 0.187. The third-order valence-electron chi connectivity index (χ3n) is 4.38. The Kier molecular flexibility index (Phi) is 5.03. The number of benzene rings is 1. The first-order valence-corrected chi connectivity index (χ1v) is 7.48. The Morgan fingerprint density at radius 1 is 1.16 bits per heavy atom. The van der Waals surface area contributed by atoms with Gasteiger partial charge in [0.15, 0.2) is 0 Å². The summed E-state index contributed by atoms with van der Waals surface area (Å²) in [5.41, 5.74) is -2.65. The van der Waals surface area contributed by atoms with Crippen LogP contribution in [-0.4, -0.2) is 6.18 Å². The largest absolute Gasteiger partial charge is 0.416 e. The zero-order chi connectivity index (χ0) is 18.9. The summed E-state index contributed by atoms with van der Waals surface area (Å²) < 4.78 is 77.9. The Hall–Kier alpha value is -2.23. The molecule has 0 radical (unpaired) electrons. The minimum atomic E-state index is -4.56. The lowest BCUT2D eigenvalue weighted by Crippen LogP contribution is -2.28. The van der Waals surface area contributed by atoms with E-state index in [2.05, 4.69) is 0 Å². The lowest BCUT2D eigenvalue weighted by Gasteiger charge is -2.36. The van der Waals surface area contributed by atoms with Crippen molar-refractivity contribution < 1.29 is 26.3 Å². The van der Waals surface area contributed by atoms with Gasteiger partial charge in [0.05, 0.1) is 17.2 Å². The van der Waals surface area contributed by atoms with Crippen molar-refractivity contribution in [1.29, 1.82) is 5.26 Å². The molecular weight excluding hydrogens is 344 g/mol. The normalized spacial score (nSPS) is 22.2. The van der Waals surface area contributed by atoms with E-state index in [9.17, 15) is 26.3 Å². The minimum Gasteiger partial charge on any atom is -0.198 e. The van der Waals surface area contributed by atoms with Crippen LogP contribution in [-0.2, 0) is 6.18 Å². The number of alkyl halides is 6. The molecule has 7 heteroatoms. The molecule has 0 saturated heterocycles. The van der Waals surface area contributed by atoms with E-state index in [1.54, 1.807) is 0 Å². The molecule has 0 amide bonds. The molecule has 0 aliphatic heterocycles. The number of hydrogen-bond donors (Lipinski definition) is 0. The van der Waals surface area contributed by atoms with Gasteiger partial charge in [-0.15, -0.1) is 0 Å². The van der Waals surface area contributed by atoms with Crippen molar-refractivity contribution >= 4 is 0 Å². The van der Waals surface area contributed by atoms with Crippen LogP contribution in [0.15, 0.2) is 48.1 Å². The molecule has 1 nitrogen and oxygen atoms in total. The van der Waals surface area contributed by atoms with E-state index in [0.717, 1.165) is 24.3 Å². The fourth-order valence-electron chi connectivity index (χ4n) is 3.08. The quantitative estimate of drug-likeness (QED) is 0.593. The molecule has 1 aromatic carbocycles. The highest BCUT2D eigenvalue weighted by Crippen LogP contribution is 2.48. The Balaban J connectivity index is 2.50. The fraction of sp³-hybridized carbons (Fsp3) is 0.389. The zero-order valence-corrected chi connectivity index (χ0v) is 13.2. The fourth-order valence-corrected chi connectivity index (χ4v) is 3.08. The Bertz CT molecular complexity index is 735. The van der Waals surface area contributed by atoms with Gasteiger partial charge in [0.1, 0.15) is 0 Å². The third-order valence-corrected chi connectivity index (χ3v) is 4.38. The second-order valence-corrected chi connectivity index (χ2v) is 6.25. The standard InChI is InChI=1S/C18H15F6N/c1-16(8-3-6-14(11-16)18(22,23)24)15(7-9-25)12-4-2-5-13(10-12)17(19,20)21/h2-6,10-11,15H,7-8H2,1H3. The van der Waals surface area contributed by atoms with Gasteiger partial charge in [-0.1, -0.05) is 43.4 Å². The van der Waals surface area contributed by atoms with Crippen molar-refractivity contribution in [2.24, 2.45) is 5.41 Å². The second-order valence-electron chi connectivity index (χ2n) is 6.25. The summed E-state index contributed by atoms with van der Waals surface area (Å²) in [5, 5.41) is 9.06. The van der Waals surface area contributed by atoms with Crippen LogP contribution in [0.1, 0.15) is 36.8 Å². The summed E-state index contributed by atoms with van der Waals surface area (Å²) in [6, 6.07) is 6.32. The molecule has 0 spiro atoms. The maximum Gasteiger partial charge on any atom is 0.416 e. The Morgan fingerprint density at radius 2 is 1.84 bits per heavy atom. The molecule has 134 valence electrons. The second kappa shape index (κ2) is 6.58. The third kappa shape index (κ3) is 4.25. The van der Waals surface area contributed by atoms with Gasteiger partial charge >= 0.3 is 12.4 Å². The molecular formula is C18H15F6N. The Morgan fingerprint density at radius 3 is 2.40 bits per heavy atom. The van der Waals surface area contributed by atoms with Crippen molar-refractivity contribution in [3.63, 3.8) is 0 Å². The molecule has 0 heterocycles. The molecule has 1 aliphatic carbocycles. The molecule has 0 bridgehead atoms. The predicted octanol–water partition coefficient (Wildman–Crippen LogP) is 6.16. The van der Waals surface area contributed by atoms with Crippen LogP contribution in [0.4, 0.5) is 26.3 Å². The number of halogens is 6. The molecule has 2 unspecified atom stereocenters. The highest BCUT2D eigenvalue weighted by Gasteiger charge is 2.41. The smallest absolute Gasteiger partial charge is 0.198 e. The van der Waals surface area contributed by atoms with Crippen LogP contribution < -0.4 is 0 Å². The topological polar surface area (TPSA) is 23.8 Å². The molecule has 0 N–H and O–H groups in total. The number of rotatable bonds is 3. The molecule has 2 rings (SSSR count). The van der Waals surface area contributed by atoms with Gasteiger partial charge in [0, 0.05) is 12.3 Å². The highest BCUT2D eigenvalue weighted by atomic mass is 19.4. The van der Waals surface area contributed by atoms with Crippen LogP contribution in [0, 0.1) is 16.7 Å². The van der Waals surface area contributed by atoms with Crippen LogP contribution in [0.25, 0.3) is 0 Å². The summed E-state index contributed by atoms with van der Waals surface area (Å²) in [6.45, 7) is 1.53. The number of allylic oxidation sites excluding steroid dienone is 4. The highest BCUT2D eigenvalue weighted by molar-refractivity contribution is 5.37. The first-order valence-electron chi connectivity index (χ1n) is 7.48. The van der Waals surface area contributed by atoms with Crippen molar-refractivity contribution in [1.82, 2.24) is 0 Å². The van der Waals surface area contributed by atoms with Crippen molar-refractivity contribution in [3.8, 4) is 6.07 Å². The van der Waals surface area contributed by atoms with Gasteiger partial charge in [0.25, 0.3) is 0 Å². The van der Waals surface area contributed by atoms with Gasteiger partial charge < -0.3 is 0 Å². The summed E-state index contributed by atoms with van der Waals surface area (Å²) >= 11 is 0. The average Bonchev–Trinajstić information content (AvgIpc) is 2.51.